The van der Waals surface area contributed by atoms with Crippen LogP contribution in [-0.4, -0.2) is 51.2 Å². The van der Waals surface area contributed by atoms with E-state index in [-0.39, 0.29) is 31.8 Å². The molecule has 0 aliphatic heterocycles. The maximum Gasteiger partial charge on any atom is 0.378 e. The molecule has 0 saturated heterocycles. The smallest absolute Gasteiger partial charge is 0.378 e. The van der Waals surface area contributed by atoms with Crippen molar-refractivity contribution >= 4 is 11.9 Å². The zero-order valence-corrected chi connectivity index (χ0v) is 17.2. The molecule has 0 spiro atoms. The number of ether oxygens (including phenoxy) is 1. The van der Waals surface area contributed by atoms with Gasteiger partial charge in [-0.1, -0.05) is 48.5 Å². The number of hydrogen-bond donors (Lipinski definition) is 0. The van der Waals surface area contributed by atoms with Crippen LogP contribution in [0.25, 0.3) is 17.1 Å². The summed E-state index contributed by atoms with van der Waals surface area (Å²) >= 11 is 0. The van der Waals surface area contributed by atoms with Crippen molar-refractivity contribution in [3.8, 4) is 29.2 Å². The summed E-state index contributed by atoms with van der Waals surface area (Å²) in [5.41, 5.74) is 1.48. The van der Waals surface area contributed by atoms with E-state index in [0.717, 1.165) is 5.56 Å². The van der Waals surface area contributed by atoms with E-state index in [9.17, 15) is 9.59 Å². The molecule has 2 aromatic carbocycles. The van der Waals surface area contributed by atoms with Crippen molar-refractivity contribution in [2.45, 2.75) is 12.8 Å². The molecule has 3 aromatic rings. The van der Waals surface area contributed by atoms with Gasteiger partial charge in [0.1, 0.15) is 0 Å². The van der Waals surface area contributed by atoms with Gasteiger partial charge in [0.05, 0.1) is 30.7 Å². The van der Waals surface area contributed by atoms with Gasteiger partial charge < -0.3 is 9.64 Å². The standard InChI is InChI=1S/C23H20N6O3/c24-13-7-15-28(16-8-14-25)20(30)17-32-23(31)21-26-22(18-9-3-1-4-10-18)29(27-21)19-11-5-2-6-12-19/h1-6,9-12H,7-8,15-17H2. The zero-order chi connectivity index (χ0) is 22.8. The van der Waals surface area contributed by atoms with E-state index in [0.29, 0.717) is 11.5 Å². The molecule has 0 aliphatic rings. The topological polar surface area (TPSA) is 125 Å². The fraction of sp³-hybridized carbons (Fsp3) is 0.217. The molecule has 0 bridgehead atoms. The minimum atomic E-state index is -0.842. The van der Waals surface area contributed by atoms with Crippen LogP contribution < -0.4 is 0 Å². The van der Waals surface area contributed by atoms with Crippen LogP contribution in [0.2, 0.25) is 0 Å². The summed E-state index contributed by atoms with van der Waals surface area (Å²) in [6.45, 7) is -0.211. The van der Waals surface area contributed by atoms with Crippen LogP contribution in [-0.2, 0) is 9.53 Å². The lowest BCUT2D eigenvalue weighted by atomic mass is 10.2. The van der Waals surface area contributed by atoms with Crippen molar-refractivity contribution in [2.24, 2.45) is 0 Å². The third-order valence-corrected chi connectivity index (χ3v) is 4.49. The Balaban J connectivity index is 1.78. The van der Waals surface area contributed by atoms with E-state index in [1.165, 1.54) is 4.90 Å². The first-order valence-corrected chi connectivity index (χ1v) is 9.90. The molecule has 0 atom stereocenters. The predicted octanol–water partition coefficient (Wildman–Crippen LogP) is 2.75. The van der Waals surface area contributed by atoms with Gasteiger partial charge in [-0.3, -0.25) is 4.79 Å². The monoisotopic (exact) mass is 428 g/mol. The molecule has 0 N–H and O–H groups in total. The van der Waals surface area contributed by atoms with Gasteiger partial charge in [0, 0.05) is 18.7 Å². The van der Waals surface area contributed by atoms with Crippen molar-refractivity contribution < 1.29 is 14.3 Å². The SMILES string of the molecule is N#CCCN(CCC#N)C(=O)COC(=O)c1nc(-c2ccccc2)n(-c2ccccc2)n1. The Kier molecular flexibility index (Phi) is 7.66. The molecular formula is C23H20N6O3. The average Bonchev–Trinajstić information content (AvgIpc) is 3.29. The Bertz CT molecular complexity index is 1070. The van der Waals surface area contributed by atoms with Gasteiger partial charge in [-0.15, -0.1) is 5.10 Å². The normalized spacial score (nSPS) is 10.1. The molecule has 0 radical (unpaired) electrons. The second kappa shape index (κ2) is 11.0. The molecular weight excluding hydrogens is 408 g/mol. The largest absolute Gasteiger partial charge is 0.450 e. The lowest BCUT2D eigenvalue weighted by molar-refractivity contribution is -0.134. The highest BCUT2D eigenvalue weighted by Gasteiger charge is 2.22. The minimum absolute atomic E-state index is 0.120. The number of nitriles is 2. The van der Waals surface area contributed by atoms with E-state index >= 15 is 0 Å². The Morgan fingerprint density at radius 3 is 2.12 bits per heavy atom. The Hall–Kier alpha value is -4.50. The fourth-order valence-corrected chi connectivity index (χ4v) is 2.94. The van der Waals surface area contributed by atoms with Crippen LogP contribution in [0.5, 0.6) is 0 Å². The van der Waals surface area contributed by atoms with Gasteiger partial charge in [0.15, 0.2) is 12.4 Å². The highest BCUT2D eigenvalue weighted by Crippen LogP contribution is 2.21. The summed E-state index contributed by atoms with van der Waals surface area (Å²) < 4.78 is 6.68. The summed E-state index contributed by atoms with van der Waals surface area (Å²) in [5, 5.41) is 21.8. The summed E-state index contributed by atoms with van der Waals surface area (Å²) in [6.07, 6.45) is 0.239. The van der Waals surface area contributed by atoms with E-state index in [4.69, 9.17) is 15.3 Å². The van der Waals surface area contributed by atoms with Gasteiger partial charge in [-0.25, -0.2) is 14.5 Å². The summed E-state index contributed by atoms with van der Waals surface area (Å²) in [7, 11) is 0. The van der Waals surface area contributed by atoms with Crippen molar-refractivity contribution in [2.75, 3.05) is 19.7 Å². The number of amides is 1. The molecule has 0 aliphatic carbocycles. The van der Waals surface area contributed by atoms with E-state index in [2.05, 4.69) is 10.1 Å². The molecule has 160 valence electrons. The minimum Gasteiger partial charge on any atom is -0.450 e. The van der Waals surface area contributed by atoms with Gasteiger partial charge >= 0.3 is 5.97 Å². The molecule has 32 heavy (non-hydrogen) atoms. The molecule has 0 fully saturated rings. The van der Waals surface area contributed by atoms with Crippen LogP contribution in [0, 0.1) is 22.7 Å². The number of carbonyl (C=O) groups is 2. The second-order valence-corrected chi connectivity index (χ2v) is 6.65. The Morgan fingerprint density at radius 2 is 1.53 bits per heavy atom. The van der Waals surface area contributed by atoms with Crippen molar-refractivity contribution in [1.29, 1.82) is 10.5 Å². The maximum atomic E-state index is 12.6. The quantitative estimate of drug-likeness (QED) is 0.480. The zero-order valence-electron chi connectivity index (χ0n) is 17.2. The Morgan fingerprint density at radius 1 is 0.938 bits per heavy atom. The number of carbonyl (C=O) groups excluding carboxylic acids is 2. The number of para-hydroxylation sites is 1. The summed E-state index contributed by atoms with van der Waals surface area (Å²) in [4.78, 5) is 30.7. The summed E-state index contributed by atoms with van der Waals surface area (Å²) in [5.74, 6) is -1.05. The number of esters is 1. The number of hydrogen-bond acceptors (Lipinski definition) is 7. The molecule has 3 rings (SSSR count). The van der Waals surface area contributed by atoms with E-state index in [1.54, 1.807) is 4.68 Å². The number of benzene rings is 2. The first-order chi connectivity index (χ1) is 15.6. The van der Waals surface area contributed by atoms with Gasteiger partial charge in [0.25, 0.3) is 11.7 Å². The van der Waals surface area contributed by atoms with E-state index in [1.807, 2.05) is 72.8 Å². The highest BCUT2D eigenvalue weighted by molar-refractivity contribution is 5.88. The third-order valence-electron chi connectivity index (χ3n) is 4.49. The van der Waals surface area contributed by atoms with Crippen LogP contribution in [0.1, 0.15) is 23.5 Å². The second-order valence-electron chi connectivity index (χ2n) is 6.65. The van der Waals surface area contributed by atoms with E-state index < -0.39 is 18.5 Å². The van der Waals surface area contributed by atoms with Crippen molar-refractivity contribution in [1.82, 2.24) is 19.7 Å². The van der Waals surface area contributed by atoms with Crippen molar-refractivity contribution in [3.05, 3.63) is 66.5 Å². The van der Waals surface area contributed by atoms with Crippen LogP contribution in [0.3, 0.4) is 0 Å². The van der Waals surface area contributed by atoms with Crippen LogP contribution in [0.15, 0.2) is 60.7 Å². The highest BCUT2D eigenvalue weighted by atomic mass is 16.5. The van der Waals surface area contributed by atoms with Crippen LogP contribution >= 0.6 is 0 Å². The maximum absolute atomic E-state index is 12.6. The number of nitrogens with zero attached hydrogens (tertiary/aromatic N) is 6. The molecule has 1 amide bonds. The molecule has 1 aromatic heterocycles. The third kappa shape index (κ3) is 5.55. The Labute approximate surface area is 185 Å². The number of aromatic nitrogens is 3. The van der Waals surface area contributed by atoms with Gasteiger partial charge in [-0.2, -0.15) is 10.5 Å². The lowest BCUT2D eigenvalue weighted by Gasteiger charge is -2.19. The average molecular weight is 428 g/mol. The molecule has 9 nitrogen and oxygen atoms in total. The van der Waals surface area contributed by atoms with Crippen LogP contribution in [0.4, 0.5) is 0 Å². The first-order valence-electron chi connectivity index (χ1n) is 9.90. The molecule has 1 heterocycles. The first kappa shape index (κ1) is 22.2. The fourth-order valence-electron chi connectivity index (χ4n) is 2.94. The lowest BCUT2D eigenvalue weighted by Crippen LogP contribution is -2.36. The summed E-state index contributed by atoms with van der Waals surface area (Å²) in [6, 6.07) is 22.4. The van der Waals surface area contributed by atoms with Gasteiger partial charge in [-0.05, 0) is 12.1 Å². The van der Waals surface area contributed by atoms with Gasteiger partial charge in [0.2, 0.25) is 0 Å². The molecule has 9 heteroatoms. The number of rotatable bonds is 9. The van der Waals surface area contributed by atoms with Crippen molar-refractivity contribution in [3.63, 3.8) is 0 Å². The molecule has 0 saturated carbocycles. The molecule has 0 unspecified atom stereocenters. The predicted molar refractivity (Wildman–Crippen MR) is 114 cm³/mol.